The molecule has 1 saturated heterocycles. The summed E-state index contributed by atoms with van der Waals surface area (Å²) in [5, 5.41) is 9.04. The Bertz CT molecular complexity index is 288. The fourth-order valence-corrected chi connectivity index (χ4v) is 2.25. The van der Waals surface area contributed by atoms with Crippen LogP contribution in [0.15, 0.2) is 0 Å². The Morgan fingerprint density at radius 2 is 1.81 bits per heavy atom. The molecule has 0 bridgehead atoms. The normalized spacial score (nSPS) is 17.1. The molecule has 5 nitrogen and oxygen atoms in total. The number of amides is 2. The van der Waals surface area contributed by atoms with Crippen molar-refractivity contribution in [3.05, 3.63) is 0 Å². The molecule has 0 radical (unpaired) electrons. The van der Waals surface area contributed by atoms with Crippen molar-refractivity contribution in [1.82, 2.24) is 9.80 Å². The number of carboxylic acid groups (broad SMARTS) is 1. The van der Waals surface area contributed by atoms with Crippen LogP contribution in [0.4, 0.5) is 4.79 Å². The Morgan fingerprint density at radius 3 is 2.25 bits per heavy atom. The van der Waals surface area contributed by atoms with E-state index in [-0.39, 0.29) is 6.03 Å². The second-order valence-electron chi connectivity index (χ2n) is 4.31. The van der Waals surface area contributed by atoms with E-state index in [2.05, 4.69) is 0 Å². The van der Waals surface area contributed by atoms with Gasteiger partial charge in [-0.1, -0.05) is 0 Å². The number of likely N-dealkylation sites (N-methyl/N-ethyl adjacent to an activating group) is 1. The highest BCUT2D eigenvalue weighted by Crippen LogP contribution is 2.17. The zero-order valence-electron chi connectivity index (χ0n) is 9.89. The van der Waals surface area contributed by atoms with Crippen molar-refractivity contribution in [3.63, 3.8) is 0 Å². The predicted octanol–water partition coefficient (Wildman–Crippen LogP) is 0.950. The van der Waals surface area contributed by atoms with Gasteiger partial charge < -0.3 is 14.9 Å². The largest absolute Gasteiger partial charge is 0.480 e. The molecule has 1 fully saturated rings. The first-order valence-corrected chi connectivity index (χ1v) is 6.36. The maximum atomic E-state index is 12.0. The highest BCUT2D eigenvalue weighted by molar-refractivity contribution is 7.99. The van der Waals surface area contributed by atoms with Crippen LogP contribution in [0.5, 0.6) is 0 Å². The van der Waals surface area contributed by atoms with Crippen molar-refractivity contribution < 1.29 is 14.7 Å². The molecule has 0 aromatic carbocycles. The van der Waals surface area contributed by atoms with Gasteiger partial charge in [0.15, 0.2) is 0 Å². The molecule has 1 aliphatic rings. The number of rotatable bonds is 2. The second kappa shape index (κ2) is 4.95. The number of carbonyl (C=O) groups excluding carboxylic acids is 1. The number of thioether (sulfide) groups is 1. The van der Waals surface area contributed by atoms with Crippen LogP contribution in [0.1, 0.15) is 13.8 Å². The van der Waals surface area contributed by atoms with Crippen molar-refractivity contribution >= 4 is 23.8 Å². The van der Waals surface area contributed by atoms with Crippen molar-refractivity contribution in [1.29, 1.82) is 0 Å². The van der Waals surface area contributed by atoms with Gasteiger partial charge in [-0.2, -0.15) is 11.8 Å². The molecule has 0 atom stereocenters. The summed E-state index contributed by atoms with van der Waals surface area (Å²) in [5.74, 6) is 0.856. The third kappa shape index (κ3) is 2.61. The van der Waals surface area contributed by atoms with Crippen LogP contribution in [0.25, 0.3) is 0 Å². The van der Waals surface area contributed by atoms with E-state index in [4.69, 9.17) is 5.11 Å². The monoisotopic (exact) mass is 246 g/mol. The quantitative estimate of drug-likeness (QED) is 0.788. The molecule has 92 valence electrons. The Labute approximate surface area is 99.8 Å². The SMILES string of the molecule is CN(C(=O)N1CCSCC1)C(C)(C)C(=O)O. The van der Waals surface area contributed by atoms with Crippen LogP contribution < -0.4 is 0 Å². The summed E-state index contributed by atoms with van der Waals surface area (Å²) in [7, 11) is 1.54. The van der Waals surface area contributed by atoms with Crippen LogP contribution in [-0.4, -0.2) is 64.1 Å². The zero-order valence-corrected chi connectivity index (χ0v) is 10.7. The number of hydrogen-bond donors (Lipinski definition) is 1. The first kappa shape index (κ1) is 13.2. The molecule has 1 aliphatic heterocycles. The average Bonchev–Trinajstić information content (AvgIpc) is 2.28. The van der Waals surface area contributed by atoms with E-state index in [9.17, 15) is 9.59 Å². The number of nitrogens with zero attached hydrogens (tertiary/aromatic N) is 2. The topological polar surface area (TPSA) is 60.9 Å². The van der Waals surface area contributed by atoms with Crippen molar-refractivity contribution in [2.45, 2.75) is 19.4 Å². The molecular weight excluding hydrogens is 228 g/mol. The molecule has 1 heterocycles. The lowest BCUT2D eigenvalue weighted by Crippen LogP contribution is -2.56. The predicted molar refractivity (Wildman–Crippen MR) is 63.8 cm³/mol. The van der Waals surface area contributed by atoms with Crippen LogP contribution in [0, 0.1) is 0 Å². The fourth-order valence-electron chi connectivity index (χ4n) is 1.35. The van der Waals surface area contributed by atoms with Gasteiger partial charge in [0.2, 0.25) is 0 Å². The summed E-state index contributed by atoms with van der Waals surface area (Å²) >= 11 is 1.81. The molecule has 0 saturated carbocycles. The van der Waals surface area contributed by atoms with Gasteiger partial charge in [0.05, 0.1) is 0 Å². The van der Waals surface area contributed by atoms with Gasteiger partial charge in [-0.3, -0.25) is 0 Å². The average molecular weight is 246 g/mol. The van der Waals surface area contributed by atoms with E-state index < -0.39 is 11.5 Å². The van der Waals surface area contributed by atoms with E-state index in [1.165, 1.54) is 25.8 Å². The fraction of sp³-hybridized carbons (Fsp3) is 0.800. The van der Waals surface area contributed by atoms with Gasteiger partial charge in [-0.15, -0.1) is 0 Å². The van der Waals surface area contributed by atoms with Crippen LogP contribution >= 0.6 is 11.8 Å². The second-order valence-corrected chi connectivity index (χ2v) is 5.53. The minimum absolute atomic E-state index is 0.201. The molecule has 1 N–H and O–H groups in total. The Morgan fingerprint density at radius 1 is 1.31 bits per heavy atom. The summed E-state index contributed by atoms with van der Waals surface area (Å²) in [6.45, 7) is 4.46. The van der Waals surface area contributed by atoms with Crippen molar-refractivity contribution in [3.8, 4) is 0 Å². The maximum absolute atomic E-state index is 12.0. The van der Waals surface area contributed by atoms with E-state index >= 15 is 0 Å². The zero-order chi connectivity index (χ0) is 12.3. The number of carbonyl (C=O) groups is 2. The summed E-state index contributed by atoms with van der Waals surface area (Å²) in [5.41, 5.74) is -1.17. The lowest BCUT2D eigenvalue weighted by molar-refractivity contribution is -0.147. The summed E-state index contributed by atoms with van der Waals surface area (Å²) in [6.07, 6.45) is 0. The minimum atomic E-state index is -1.17. The van der Waals surface area contributed by atoms with Crippen molar-refractivity contribution in [2.24, 2.45) is 0 Å². The Balaban J connectivity index is 2.69. The molecule has 16 heavy (non-hydrogen) atoms. The van der Waals surface area contributed by atoms with Gasteiger partial charge >= 0.3 is 12.0 Å². The van der Waals surface area contributed by atoms with E-state index in [1.807, 2.05) is 11.8 Å². The molecule has 0 unspecified atom stereocenters. The van der Waals surface area contributed by atoms with Gasteiger partial charge in [0.25, 0.3) is 0 Å². The molecule has 0 spiro atoms. The highest BCUT2D eigenvalue weighted by Gasteiger charge is 2.37. The van der Waals surface area contributed by atoms with Crippen LogP contribution in [0.2, 0.25) is 0 Å². The number of urea groups is 1. The molecule has 1 rings (SSSR count). The van der Waals surface area contributed by atoms with Gasteiger partial charge in [0, 0.05) is 31.6 Å². The van der Waals surface area contributed by atoms with Crippen LogP contribution in [-0.2, 0) is 4.79 Å². The van der Waals surface area contributed by atoms with Crippen LogP contribution in [0.3, 0.4) is 0 Å². The molecule has 6 heteroatoms. The Kier molecular flexibility index (Phi) is 4.07. The molecule has 0 aliphatic carbocycles. The maximum Gasteiger partial charge on any atom is 0.329 e. The van der Waals surface area contributed by atoms with Gasteiger partial charge in [0.1, 0.15) is 5.54 Å². The third-order valence-corrected chi connectivity index (χ3v) is 3.87. The smallest absolute Gasteiger partial charge is 0.329 e. The molecule has 0 aromatic heterocycles. The van der Waals surface area contributed by atoms with Crippen molar-refractivity contribution in [2.75, 3.05) is 31.6 Å². The molecule has 2 amide bonds. The summed E-state index contributed by atoms with van der Waals surface area (Å²) < 4.78 is 0. The third-order valence-electron chi connectivity index (χ3n) is 2.93. The molecule has 0 aromatic rings. The summed E-state index contributed by atoms with van der Waals surface area (Å²) in [4.78, 5) is 26.1. The highest BCUT2D eigenvalue weighted by atomic mass is 32.2. The van der Waals surface area contributed by atoms with Gasteiger partial charge in [-0.05, 0) is 13.8 Å². The van der Waals surface area contributed by atoms with E-state index in [0.29, 0.717) is 13.1 Å². The first-order chi connectivity index (χ1) is 7.37. The minimum Gasteiger partial charge on any atom is -0.480 e. The number of hydrogen-bond acceptors (Lipinski definition) is 3. The van der Waals surface area contributed by atoms with E-state index in [0.717, 1.165) is 11.5 Å². The summed E-state index contributed by atoms with van der Waals surface area (Å²) in [6, 6.07) is -0.201. The lowest BCUT2D eigenvalue weighted by Gasteiger charge is -2.37. The van der Waals surface area contributed by atoms with Gasteiger partial charge in [-0.25, -0.2) is 9.59 Å². The number of aliphatic carboxylic acids is 1. The number of carboxylic acids is 1. The lowest BCUT2D eigenvalue weighted by atomic mass is 10.0. The van der Waals surface area contributed by atoms with E-state index in [1.54, 1.807) is 4.90 Å². The standard InChI is InChI=1S/C10H18N2O3S/c1-10(2,8(13)14)11(3)9(15)12-4-6-16-7-5-12/h4-7H2,1-3H3,(H,13,14). The molecular formula is C10H18N2O3S. The first-order valence-electron chi connectivity index (χ1n) is 5.21. The Hall–Kier alpha value is -0.910.